The van der Waals surface area contributed by atoms with E-state index in [1.807, 2.05) is 24.3 Å². The van der Waals surface area contributed by atoms with E-state index >= 15 is 0 Å². The maximum Gasteiger partial charge on any atom is 0.219 e. The molecule has 0 spiro atoms. The van der Waals surface area contributed by atoms with Crippen molar-refractivity contribution in [2.24, 2.45) is 0 Å². The van der Waals surface area contributed by atoms with Crippen LogP contribution >= 0.6 is 11.6 Å². The maximum absolute atomic E-state index is 9.12. The summed E-state index contributed by atoms with van der Waals surface area (Å²) < 4.78 is 5.54. The molecule has 0 aliphatic carbocycles. The molecule has 1 N–H and O–H groups in total. The lowest BCUT2D eigenvalue weighted by molar-refractivity contribution is 0.252. The number of rotatable bonds is 4. The zero-order valence-electron chi connectivity index (χ0n) is 9.14. The zero-order valence-corrected chi connectivity index (χ0v) is 9.89. The van der Waals surface area contributed by atoms with Gasteiger partial charge >= 0.3 is 0 Å². The van der Waals surface area contributed by atoms with E-state index in [0.717, 1.165) is 5.56 Å². The molecule has 0 unspecified atom stereocenters. The van der Waals surface area contributed by atoms with Crippen LogP contribution in [0.1, 0.15) is 11.1 Å². The van der Waals surface area contributed by atoms with E-state index in [1.54, 1.807) is 18.3 Å². The van der Waals surface area contributed by atoms with E-state index in [0.29, 0.717) is 23.1 Å². The summed E-state index contributed by atoms with van der Waals surface area (Å²) in [4.78, 5) is 4.07. The second kappa shape index (κ2) is 5.66. The fourth-order valence-electron chi connectivity index (χ4n) is 1.45. The standard InChI is InChI=1S/C13H12ClNO2/c14-12-5-1-3-10(7-12)9-17-13-11(8-16)4-2-6-15-13/h1-7,16H,8-9H2. The van der Waals surface area contributed by atoms with E-state index in [2.05, 4.69) is 4.98 Å². The van der Waals surface area contributed by atoms with Gasteiger partial charge in [0, 0.05) is 16.8 Å². The molecular weight excluding hydrogens is 238 g/mol. The van der Waals surface area contributed by atoms with Crippen molar-refractivity contribution in [2.75, 3.05) is 0 Å². The average molecular weight is 250 g/mol. The highest BCUT2D eigenvalue weighted by atomic mass is 35.5. The lowest BCUT2D eigenvalue weighted by atomic mass is 10.2. The molecule has 0 saturated carbocycles. The van der Waals surface area contributed by atoms with Gasteiger partial charge in [-0.2, -0.15) is 0 Å². The first kappa shape index (κ1) is 11.9. The fourth-order valence-corrected chi connectivity index (χ4v) is 1.67. The Morgan fingerprint density at radius 2 is 2.12 bits per heavy atom. The maximum atomic E-state index is 9.12. The van der Waals surface area contributed by atoms with Gasteiger partial charge in [0.2, 0.25) is 5.88 Å². The number of benzene rings is 1. The third-order valence-corrected chi connectivity index (χ3v) is 2.52. The molecule has 0 bridgehead atoms. The van der Waals surface area contributed by atoms with Gasteiger partial charge in [0.1, 0.15) is 6.61 Å². The molecule has 3 nitrogen and oxygen atoms in total. The second-order valence-corrected chi connectivity index (χ2v) is 3.98. The van der Waals surface area contributed by atoms with Crippen LogP contribution in [0, 0.1) is 0 Å². The Morgan fingerprint density at radius 3 is 2.88 bits per heavy atom. The third kappa shape index (κ3) is 3.19. The zero-order chi connectivity index (χ0) is 12.1. The van der Waals surface area contributed by atoms with Crippen molar-refractivity contribution < 1.29 is 9.84 Å². The van der Waals surface area contributed by atoms with Gasteiger partial charge in [0.05, 0.1) is 6.61 Å². The quantitative estimate of drug-likeness (QED) is 0.906. The summed E-state index contributed by atoms with van der Waals surface area (Å²) >= 11 is 5.87. The van der Waals surface area contributed by atoms with E-state index in [1.165, 1.54) is 0 Å². The summed E-state index contributed by atoms with van der Waals surface area (Å²) in [5, 5.41) is 9.79. The largest absolute Gasteiger partial charge is 0.473 e. The smallest absolute Gasteiger partial charge is 0.219 e. The molecule has 1 aromatic heterocycles. The predicted octanol–water partition coefficient (Wildman–Crippen LogP) is 2.81. The van der Waals surface area contributed by atoms with Gasteiger partial charge in [-0.15, -0.1) is 0 Å². The summed E-state index contributed by atoms with van der Waals surface area (Å²) in [6.07, 6.45) is 1.63. The fraction of sp³-hybridized carbons (Fsp3) is 0.154. The molecule has 0 aliphatic rings. The molecular formula is C13H12ClNO2. The Labute approximate surface area is 105 Å². The number of nitrogens with zero attached hydrogens (tertiary/aromatic N) is 1. The van der Waals surface area contributed by atoms with E-state index < -0.39 is 0 Å². The molecule has 0 atom stereocenters. The van der Waals surface area contributed by atoms with Crippen molar-refractivity contribution in [1.82, 2.24) is 4.98 Å². The van der Waals surface area contributed by atoms with Crippen molar-refractivity contribution in [1.29, 1.82) is 0 Å². The highest BCUT2D eigenvalue weighted by Crippen LogP contribution is 2.17. The van der Waals surface area contributed by atoms with Gasteiger partial charge in [-0.3, -0.25) is 0 Å². The van der Waals surface area contributed by atoms with Gasteiger partial charge in [0.25, 0.3) is 0 Å². The van der Waals surface area contributed by atoms with Crippen LogP contribution in [0.2, 0.25) is 5.02 Å². The third-order valence-electron chi connectivity index (χ3n) is 2.28. The number of aliphatic hydroxyl groups excluding tert-OH is 1. The van der Waals surface area contributed by atoms with Crippen molar-refractivity contribution in [3.8, 4) is 5.88 Å². The van der Waals surface area contributed by atoms with Crippen LogP contribution in [0.4, 0.5) is 0 Å². The molecule has 2 rings (SSSR count). The van der Waals surface area contributed by atoms with Crippen molar-refractivity contribution >= 4 is 11.6 Å². The Morgan fingerprint density at radius 1 is 1.24 bits per heavy atom. The molecule has 0 aliphatic heterocycles. The molecule has 1 aromatic carbocycles. The minimum atomic E-state index is -0.0846. The van der Waals surface area contributed by atoms with Gasteiger partial charge in [-0.25, -0.2) is 4.98 Å². The molecule has 88 valence electrons. The summed E-state index contributed by atoms with van der Waals surface area (Å²) in [5.41, 5.74) is 1.64. The monoisotopic (exact) mass is 249 g/mol. The minimum Gasteiger partial charge on any atom is -0.473 e. The second-order valence-electron chi connectivity index (χ2n) is 3.54. The molecule has 0 fully saturated rings. The first-order valence-electron chi connectivity index (χ1n) is 5.21. The van der Waals surface area contributed by atoms with E-state index in [4.69, 9.17) is 21.4 Å². The molecule has 0 saturated heterocycles. The number of aromatic nitrogens is 1. The summed E-state index contributed by atoms with van der Waals surface area (Å²) in [7, 11) is 0. The number of halogens is 1. The van der Waals surface area contributed by atoms with Crippen LogP contribution in [0.3, 0.4) is 0 Å². The highest BCUT2D eigenvalue weighted by Gasteiger charge is 2.03. The molecule has 1 heterocycles. The van der Waals surface area contributed by atoms with Crippen LogP contribution in [0.25, 0.3) is 0 Å². The predicted molar refractivity (Wildman–Crippen MR) is 65.9 cm³/mol. The van der Waals surface area contributed by atoms with Crippen molar-refractivity contribution in [2.45, 2.75) is 13.2 Å². The van der Waals surface area contributed by atoms with Gasteiger partial charge in [-0.1, -0.05) is 23.7 Å². The highest BCUT2D eigenvalue weighted by molar-refractivity contribution is 6.30. The average Bonchev–Trinajstić information content (AvgIpc) is 2.37. The van der Waals surface area contributed by atoms with Crippen molar-refractivity contribution in [3.63, 3.8) is 0 Å². The Kier molecular flexibility index (Phi) is 3.96. The molecule has 2 aromatic rings. The lowest BCUT2D eigenvalue weighted by Gasteiger charge is -2.08. The Bertz CT molecular complexity index is 502. The van der Waals surface area contributed by atoms with Gasteiger partial charge in [0.15, 0.2) is 0 Å². The van der Waals surface area contributed by atoms with Crippen LogP contribution in [0.15, 0.2) is 42.6 Å². The SMILES string of the molecule is OCc1cccnc1OCc1cccc(Cl)c1. The Hall–Kier alpha value is -1.58. The topological polar surface area (TPSA) is 42.4 Å². The molecule has 0 amide bonds. The lowest BCUT2D eigenvalue weighted by Crippen LogP contribution is -2.00. The molecule has 17 heavy (non-hydrogen) atoms. The first-order valence-corrected chi connectivity index (χ1v) is 5.59. The normalized spacial score (nSPS) is 10.2. The van der Waals surface area contributed by atoms with Gasteiger partial charge < -0.3 is 9.84 Å². The summed E-state index contributed by atoms with van der Waals surface area (Å²) in [6.45, 7) is 0.295. The number of hydrogen-bond acceptors (Lipinski definition) is 3. The number of aliphatic hydroxyl groups is 1. The number of ether oxygens (including phenoxy) is 1. The molecule has 4 heteroatoms. The summed E-state index contributed by atoms with van der Waals surface area (Å²) in [6, 6.07) is 11.0. The first-order chi connectivity index (χ1) is 8.29. The van der Waals surface area contributed by atoms with Crippen LogP contribution in [-0.2, 0) is 13.2 Å². The van der Waals surface area contributed by atoms with E-state index in [9.17, 15) is 0 Å². The number of pyridine rings is 1. The number of hydrogen-bond donors (Lipinski definition) is 1. The minimum absolute atomic E-state index is 0.0846. The van der Waals surface area contributed by atoms with Crippen LogP contribution < -0.4 is 4.74 Å². The van der Waals surface area contributed by atoms with Crippen LogP contribution in [-0.4, -0.2) is 10.1 Å². The molecule has 0 radical (unpaired) electrons. The van der Waals surface area contributed by atoms with Crippen molar-refractivity contribution in [3.05, 3.63) is 58.7 Å². The Balaban J connectivity index is 2.07. The summed E-state index contributed by atoms with van der Waals surface area (Å²) in [5.74, 6) is 0.454. The van der Waals surface area contributed by atoms with E-state index in [-0.39, 0.29) is 6.61 Å². The van der Waals surface area contributed by atoms with Crippen LogP contribution in [0.5, 0.6) is 5.88 Å². The van der Waals surface area contributed by atoms with Gasteiger partial charge in [-0.05, 0) is 29.8 Å².